The van der Waals surface area contributed by atoms with Gasteiger partial charge < -0.3 is 10.4 Å². The molecule has 0 radical (unpaired) electrons. The van der Waals surface area contributed by atoms with Gasteiger partial charge in [0.2, 0.25) is 0 Å². The van der Waals surface area contributed by atoms with E-state index in [1.807, 2.05) is 12.1 Å². The summed E-state index contributed by atoms with van der Waals surface area (Å²) < 4.78 is 24.8. The molecule has 278 valence electrons. The maximum Gasteiger partial charge on any atom is 0.335 e. The SMILES string of the molecule is CC(C)C1CC[C@]2(NCCN3C[C@@H]4C[C@H]3CS4(=O)=O)CC[C@]3(C)[C@H](CC[C@@H]4[C@@]5(C)CC[C@@H](c6ccc(C(=O)O)cc6)C(C)(C)[C@@H]5CC[C@]43C)[C@@H]12. The minimum atomic E-state index is -2.85. The summed E-state index contributed by atoms with van der Waals surface area (Å²) in [6, 6.07) is 8.08. The first-order valence-corrected chi connectivity index (χ1v) is 22.2. The Labute approximate surface area is 303 Å². The van der Waals surface area contributed by atoms with E-state index in [4.69, 9.17) is 0 Å². The van der Waals surface area contributed by atoms with E-state index < -0.39 is 15.8 Å². The lowest BCUT2D eigenvalue weighted by molar-refractivity contribution is -0.235. The number of likely N-dealkylation sites (tertiary alicyclic amines) is 1. The molecular weight excluding hydrogens is 641 g/mol. The molecule has 7 aliphatic rings. The number of carboxylic acids is 1. The maximum atomic E-state index is 12.4. The van der Waals surface area contributed by atoms with Crippen molar-refractivity contribution in [2.75, 3.05) is 25.4 Å². The minimum absolute atomic E-state index is 0.121. The summed E-state index contributed by atoms with van der Waals surface area (Å²) in [5.41, 5.74) is 3.10. The molecule has 2 saturated heterocycles. The van der Waals surface area contributed by atoms with Crippen molar-refractivity contribution in [3.8, 4) is 0 Å². The average molecular weight is 707 g/mol. The Bertz CT molecular complexity index is 1610. The first kappa shape index (κ1) is 35.6. The molecular formula is C43H66N2O4S. The Balaban J connectivity index is 1.03. The number of benzene rings is 1. The van der Waals surface area contributed by atoms with Gasteiger partial charge in [-0.1, -0.05) is 60.6 Å². The topological polar surface area (TPSA) is 86.7 Å². The summed E-state index contributed by atoms with van der Waals surface area (Å²) in [5.74, 6) is 4.35. The molecule has 50 heavy (non-hydrogen) atoms. The number of aromatic carboxylic acids is 1. The van der Waals surface area contributed by atoms with Gasteiger partial charge in [0.1, 0.15) is 0 Å². The lowest BCUT2D eigenvalue weighted by Gasteiger charge is -2.73. The van der Waals surface area contributed by atoms with Gasteiger partial charge in [-0.05, 0) is 151 Å². The van der Waals surface area contributed by atoms with Crippen LogP contribution in [0.15, 0.2) is 24.3 Å². The van der Waals surface area contributed by atoms with E-state index in [9.17, 15) is 18.3 Å². The van der Waals surface area contributed by atoms with Crippen molar-refractivity contribution < 1.29 is 18.3 Å². The normalized spacial score (nSPS) is 47.4. The zero-order chi connectivity index (χ0) is 35.6. The highest BCUT2D eigenvalue weighted by atomic mass is 32.2. The van der Waals surface area contributed by atoms with Crippen molar-refractivity contribution in [3.63, 3.8) is 0 Å². The standard InChI is InChI=1S/C43H66N2O4S/c1-27(2)32-14-19-43(44-22-23-45-25-31-24-30(45)26-50(31,48)49)21-20-41(6)34(37(32)43)12-13-36-40(5)17-15-33(28-8-10-29(11-9-28)38(46)47)39(3,4)35(40)16-18-42(36,41)7/h8-11,27,30-37,44H,12-26H2,1-7H3,(H,46,47)/t30-,31-,32?,33-,34+,35-,36+,37+,40-,41+,42+,43-/m0/s1. The van der Waals surface area contributed by atoms with Crippen LogP contribution in [0, 0.1) is 57.2 Å². The van der Waals surface area contributed by atoms with Gasteiger partial charge in [-0.25, -0.2) is 13.2 Å². The zero-order valence-electron chi connectivity index (χ0n) is 32.1. The van der Waals surface area contributed by atoms with Crippen LogP contribution >= 0.6 is 0 Å². The first-order valence-electron chi connectivity index (χ1n) is 20.5. The van der Waals surface area contributed by atoms with Gasteiger partial charge in [-0.15, -0.1) is 0 Å². The quantitative estimate of drug-likeness (QED) is 0.296. The van der Waals surface area contributed by atoms with Gasteiger partial charge >= 0.3 is 5.97 Å². The molecule has 7 fully saturated rings. The van der Waals surface area contributed by atoms with Crippen LogP contribution in [0.3, 0.4) is 0 Å². The third-order valence-corrected chi connectivity index (χ3v) is 20.4. The van der Waals surface area contributed by atoms with Crippen LogP contribution in [0.25, 0.3) is 0 Å². The van der Waals surface area contributed by atoms with Crippen molar-refractivity contribution in [2.45, 2.75) is 142 Å². The Hall–Kier alpha value is -1.44. The van der Waals surface area contributed by atoms with Gasteiger partial charge in [0, 0.05) is 31.2 Å². The van der Waals surface area contributed by atoms with Crippen LogP contribution in [0.2, 0.25) is 0 Å². The monoisotopic (exact) mass is 706 g/mol. The molecule has 2 N–H and O–H groups in total. The van der Waals surface area contributed by atoms with Gasteiger partial charge in [-0.2, -0.15) is 0 Å². The van der Waals surface area contributed by atoms with Gasteiger partial charge in [0.15, 0.2) is 9.84 Å². The highest BCUT2D eigenvalue weighted by Crippen LogP contribution is 2.77. The van der Waals surface area contributed by atoms with Gasteiger partial charge in [0.25, 0.3) is 0 Å². The molecule has 12 atom stereocenters. The predicted octanol–water partition coefficient (Wildman–Crippen LogP) is 8.42. The molecule has 2 aliphatic heterocycles. The van der Waals surface area contributed by atoms with Crippen molar-refractivity contribution in [3.05, 3.63) is 35.4 Å². The molecule has 7 heteroatoms. The summed E-state index contributed by atoms with van der Waals surface area (Å²) >= 11 is 0. The summed E-state index contributed by atoms with van der Waals surface area (Å²) in [6.45, 7) is 21.0. The largest absolute Gasteiger partial charge is 0.478 e. The Morgan fingerprint density at radius 3 is 2.28 bits per heavy atom. The minimum Gasteiger partial charge on any atom is -0.478 e. The predicted molar refractivity (Wildman–Crippen MR) is 201 cm³/mol. The van der Waals surface area contributed by atoms with E-state index in [-0.39, 0.29) is 22.2 Å². The smallest absolute Gasteiger partial charge is 0.335 e. The molecule has 0 amide bonds. The Kier molecular flexibility index (Phi) is 8.38. The highest BCUT2D eigenvalue weighted by Gasteiger charge is 2.71. The second kappa shape index (κ2) is 11.8. The lowest BCUT2D eigenvalue weighted by Crippen LogP contribution is -2.68. The highest BCUT2D eigenvalue weighted by molar-refractivity contribution is 7.92. The third kappa shape index (κ3) is 4.96. The molecule has 5 saturated carbocycles. The zero-order valence-corrected chi connectivity index (χ0v) is 33.0. The molecule has 2 bridgehead atoms. The molecule has 1 aromatic rings. The number of nitrogens with zero attached hydrogens (tertiary/aromatic N) is 1. The van der Waals surface area contributed by atoms with Gasteiger partial charge in [-0.3, -0.25) is 4.90 Å². The molecule has 1 unspecified atom stereocenters. The number of hydrogen-bond donors (Lipinski definition) is 2. The number of carbonyl (C=O) groups is 1. The van der Waals surface area contributed by atoms with Crippen LogP contribution < -0.4 is 5.32 Å². The van der Waals surface area contributed by atoms with Gasteiger partial charge in [0.05, 0.1) is 16.6 Å². The summed E-state index contributed by atoms with van der Waals surface area (Å²) in [5, 5.41) is 13.7. The van der Waals surface area contributed by atoms with E-state index in [2.05, 4.69) is 70.8 Å². The van der Waals surface area contributed by atoms with Crippen LogP contribution in [0.5, 0.6) is 0 Å². The van der Waals surface area contributed by atoms with Crippen molar-refractivity contribution >= 4 is 15.8 Å². The fourth-order valence-electron chi connectivity index (χ4n) is 15.7. The average Bonchev–Trinajstić information content (AvgIpc) is 3.72. The van der Waals surface area contributed by atoms with Crippen molar-refractivity contribution in [2.24, 2.45) is 57.2 Å². The number of hydrogen-bond acceptors (Lipinski definition) is 5. The van der Waals surface area contributed by atoms with E-state index >= 15 is 0 Å². The summed E-state index contributed by atoms with van der Waals surface area (Å²) in [7, 11) is -2.85. The van der Waals surface area contributed by atoms with Crippen molar-refractivity contribution in [1.29, 1.82) is 0 Å². The fraction of sp³-hybridized carbons (Fsp3) is 0.837. The molecule has 1 aromatic carbocycles. The number of fused-ring (bicyclic) bond motifs is 9. The summed E-state index contributed by atoms with van der Waals surface area (Å²) in [6.07, 6.45) is 13.9. The molecule has 5 aliphatic carbocycles. The number of rotatable bonds is 7. The summed E-state index contributed by atoms with van der Waals surface area (Å²) in [4.78, 5) is 14.1. The fourth-order valence-corrected chi connectivity index (χ4v) is 17.7. The molecule has 2 heterocycles. The molecule has 6 nitrogen and oxygen atoms in total. The van der Waals surface area contributed by atoms with Crippen LogP contribution in [-0.4, -0.2) is 66.6 Å². The van der Waals surface area contributed by atoms with E-state index in [0.29, 0.717) is 45.3 Å². The number of carboxylic acid groups (broad SMARTS) is 1. The first-order chi connectivity index (χ1) is 23.5. The molecule has 8 rings (SSSR count). The second-order valence-electron chi connectivity index (χ2n) is 20.4. The van der Waals surface area contributed by atoms with Crippen LogP contribution in [0.1, 0.15) is 141 Å². The molecule has 0 aromatic heterocycles. The third-order valence-electron chi connectivity index (χ3n) is 18.2. The van der Waals surface area contributed by atoms with E-state index in [1.165, 1.54) is 69.8 Å². The lowest BCUT2D eigenvalue weighted by atomic mass is 9.32. The Morgan fingerprint density at radius 1 is 0.900 bits per heavy atom. The number of sulfone groups is 1. The maximum absolute atomic E-state index is 12.4. The number of nitrogens with one attached hydrogen (secondary N) is 1. The Morgan fingerprint density at radius 2 is 1.64 bits per heavy atom. The van der Waals surface area contributed by atoms with Crippen LogP contribution in [0.4, 0.5) is 0 Å². The van der Waals surface area contributed by atoms with E-state index in [0.717, 1.165) is 49.7 Å². The van der Waals surface area contributed by atoms with Crippen LogP contribution in [-0.2, 0) is 9.84 Å². The second-order valence-corrected chi connectivity index (χ2v) is 22.7. The van der Waals surface area contributed by atoms with E-state index in [1.54, 1.807) is 0 Å². The van der Waals surface area contributed by atoms with Crippen molar-refractivity contribution in [1.82, 2.24) is 10.2 Å². The molecule has 0 spiro atoms.